The lowest BCUT2D eigenvalue weighted by Gasteiger charge is -2.16. The molecule has 1 aliphatic carbocycles. The van der Waals surface area contributed by atoms with Gasteiger partial charge in [-0.1, -0.05) is 25.7 Å². The number of hydrogen-bond donors (Lipinski definition) is 2. The van der Waals surface area contributed by atoms with E-state index in [-0.39, 0.29) is 30.7 Å². The summed E-state index contributed by atoms with van der Waals surface area (Å²) in [5.74, 6) is -0.553. The first-order valence-electron chi connectivity index (χ1n) is 10.0. The fourth-order valence-corrected chi connectivity index (χ4v) is 3.36. The summed E-state index contributed by atoms with van der Waals surface area (Å²) in [4.78, 5) is 36.2. The van der Waals surface area contributed by atoms with Crippen molar-refractivity contribution in [3.63, 3.8) is 0 Å². The third-order valence-electron chi connectivity index (χ3n) is 4.90. The van der Waals surface area contributed by atoms with Crippen molar-refractivity contribution in [3.8, 4) is 17.2 Å². The number of ether oxygens (including phenoxy) is 4. The van der Waals surface area contributed by atoms with Gasteiger partial charge in [0, 0.05) is 11.6 Å². The molecule has 0 aliphatic heterocycles. The molecule has 2 rings (SSSR count). The van der Waals surface area contributed by atoms with Gasteiger partial charge in [0.15, 0.2) is 18.1 Å². The van der Waals surface area contributed by atoms with Crippen LogP contribution in [0.4, 0.5) is 0 Å². The Balaban J connectivity index is 1.81. The van der Waals surface area contributed by atoms with Gasteiger partial charge >= 0.3 is 5.97 Å². The molecule has 0 radical (unpaired) electrons. The Bertz CT molecular complexity index is 718. The van der Waals surface area contributed by atoms with Crippen LogP contribution < -0.4 is 24.8 Å². The van der Waals surface area contributed by atoms with Crippen LogP contribution in [-0.2, 0) is 14.3 Å². The number of amides is 2. The topological polar surface area (TPSA) is 112 Å². The van der Waals surface area contributed by atoms with Gasteiger partial charge in [0.2, 0.25) is 5.75 Å². The van der Waals surface area contributed by atoms with E-state index >= 15 is 0 Å². The maximum atomic E-state index is 12.4. The van der Waals surface area contributed by atoms with Crippen LogP contribution in [0, 0.1) is 0 Å². The molecular formula is C21H30N2O7. The van der Waals surface area contributed by atoms with E-state index in [1.165, 1.54) is 46.3 Å². The van der Waals surface area contributed by atoms with E-state index in [0.29, 0.717) is 17.2 Å². The predicted molar refractivity (Wildman–Crippen MR) is 109 cm³/mol. The minimum Gasteiger partial charge on any atom is -0.493 e. The lowest BCUT2D eigenvalue weighted by Crippen LogP contribution is -2.38. The monoisotopic (exact) mass is 422 g/mol. The van der Waals surface area contributed by atoms with Crippen LogP contribution in [-0.4, -0.2) is 58.3 Å². The van der Waals surface area contributed by atoms with E-state index < -0.39 is 11.9 Å². The van der Waals surface area contributed by atoms with Gasteiger partial charge in [-0.2, -0.15) is 0 Å². The standard InChI is InChI=1S/C21H30N2O7/c1-27-16-10-14(11-17(28-2)20(16)29-3)21(26)22-12-19(25)30-13-18(24)23-15-8-6-4-5-7-9-15/h10-11,15H,4-9,12-13H2,1-3H3,(H,22,26)(H,23,24). The lowest BCUT2D eigenvalue weighted by molar-refractivity contribution is -0.147. The average Bonchev–Trinajstić information content (AvgIpc) is 3.03. The molecule has 1 aromatic rings. The molecule has 2 amide bonds. The van der Waals surface area contributed by atoms with Crippen LogP contribution in [0.3, 0.4) is 0 Å². The van der Waals surface area contributed by atoms with Crippen LogP contribution in [0.1, 0.15) is 48.9 Å². The molecule has 9 nitrogen and oxygen atoms in total. The van der Waals surface area contributed by atoms with E-state index in [1.807, 2.05) is 0 Å². The summed E-state index contributed by atoms with van der Waals surface area (Å²) in [6.07, 6.45) is 6.46. The second kappa shape index (κ2) is 11.9. The first-order chi connectivity index (χ1) is 14.5. The second-order valence-corrected chi connectivity index (χ2v) is 7.01. The van der Waals surface area contributed by atoms with E-state index in [2.05, 4.69) is 10.6 Å². The molecule has 1 aliphatic rings. The number of carbonyl (C=O) groups is 3. The van der Waals surface area contributed by atoms with Gasteiger partial charge in [-0.3, -0.25) is 14.4 Å². The summed E-state index contributed by atoms with van der Waals surface area (Å²) >= 11 is 0. The molecule has 0 spiro atoms. The maximum Gasteiger partial charge on any atom is 0.325 e. The Labute approximate surface area is 176 Å². The minimum absolute atomic E-state index is 0.137. The SMILES string of the molecule is COc1cc(C(=O)NCC(=O)OCC(=O)NC2CCCCCC2)cc(OC)c1OC. The first-order valence-corrected chi connectivity index (χ1v) is 10.0. The van der Waals surface area contributed by atoms with Gasteiger partial charge < -0.3 is 29.6 Å². The first kappa shape index (κ1) is 23.3. The molecule has 1 saturated carbocycles. The minimum atomic E-state index is -0.702. The largest absolute Gasteiger partial charge is 0.493 e. The Hall–Kier alpha value is -2.97. The van der Waals surface area contributed by atoms with E-state index in [0.717, 1.165) is 25.7 Å². The fraction of sp³-hybridized carbons (Fsp3) is 0.571. The summed E-state index contributed by atoms with van der Waals surface area (Å²) in [7, 11) is 4.34. The van der Waals surface area contributed by atoms with Gasteiger partial charge in [0.05, 0.1) is 21.3 Å². The van der Waals surface area contributed by atoms with Crippen molar-refractivity contribution in [2.45, 2.75) is 44.6 Å². The third kappa shape index (κ3) is 6.82. The highest BCUT2D eigenvalue weighted by atomic mass is 16.5. The summed E-state index contributed by atoms with van der Waals surface area (Å²) in [5.41, 5.74) is 0.225. The summed E-state index contributed by atoms with van der Waals surface area (Å²) in [6, 6.07) is 3.09. The van der Waals surface area contributed by atoms with Crippen LogP contribution in [0.25, 0.3) is 0 Å². The molecule has 0 heterocycles. The van der Waals surface area contributed by atoms with Gasteiger partial charge in [0.25, 0.3) is 11.8 Å². The number of nitrogens with one attached hydrogen (secondary N) is 2. The second-order valence-electron chi connectivity index (χ2n) is 7.01. The number of carbonyl (C=O) groups excluding carboxylic acids is 3. The number of benzene rings is 1. The Kier molecular flexibility index (Phi) is 9.24. The van der Waals surface area contributed by atoms with Crippen LogP contribution >= 0.6 is 0 Å². The highest BCUT2D eigenvalue weighted by Crippen LogP contribution is 2.38. The van der Waals surface area contributed by atoms with Gasteiger partial charge in [-0.25, -0.2) is 0 Å². The summed E-state index contributed by atoms with van der Waals surface area (Å²) in [5, 5.41) is 5.35. The average molecular weight is 422 g/mol. The maximum absolute atomic E-state index is 12.4. The quantitative estimate of drug-likeness (QED) is 0.461. The summed E-state index contributed by atoms with van der Waals surface area (Å²) < 4.78 is 20.6. The van der Waals surface area contributed by atoms with Crippen LogP contribution in [0.5, 0.6) is 17.2 Å². The molecule has 9 heteroatoms. The molecule has 0 bridgehead atoms. The van der Waals surface area contributed by atoms with Crippen molar-refractivity contribution in [1.82, 2.24) is 10.6 Å². The van der Waals surface area contributed by atoms with Gasteiger partial charge in [-0.15, -0.1) is 0 Å². The van der Waals surface area contributed by atoms with Crippen molar-refractivity contribution in [2.24, 2.45) is 0 Å². The predicted octanol–water partition coefficient (Wildman–Crippen LogP) is 1.82. The molecule has 0 saturated heterocycles. The van der Waals surface area contributed by atoms with Gasteiger partial charge in [-0.05, 0) is 25.0 Å². The third-order valence-corrected chi connectivity index (χ3v) is 4.90. The van der Waals surface area contributed by atoms with Crippen LogP contribution in [0.15, 0.2) is 12.1 Å². The number of methoxy groups -OCH3 is 3. The number of esters is 1. The van der Waals surface area contributed by atoms with Crippen LogP contribution in [0.2, 0.25) is 0 Å². The number of rotatable bonds is 9. The zero-order chi connectivity index (χ0) is 21.9. The molecule has 0 atom stereocenters. The molecule has 166 valence electrons. The van der Waals surface area contributed by atoms with Crippen molar-refractivity contribution in [1.29, 1.82) is 0 Å². The molecule has 30 heavy (non-hydrogen) atoms. The van der Waals surface area contributed by atoms with Crippen molar-refractivity contribution in [2.75, 3.05) is 34.5 Å². The molecule has 1 aromatic carbocycles. The molecule has 0 aromatic heterocycles. The molecule has 2 N–H and O–H groups in total. The fourth-order valence-electron chi connectivity index (χ4n) is 3.36. The van der Waals surface area contributed by atoms with E-state index in [1.54, 1.807) is 0 Å². The Morgan fingerprint density at radius 1 is 0.933 bits per heavy atom. The normalized spacial score (nSPS) is 14.2. The lowest BCUT2D eigenvalue weighted by atomic mass is 10.1. The molecule has 1 fully saturated rings. The summed E-state index contributed by atoms with van der Waals surface area (Å²) in [6.45, 7) is -0.735. The molecular weight excluding hydrogens is 392 g/mol. The van der Waals surface area contributed by atoms with E-state index in [9.17, 15) is 14.4 Å². The van der Waals surface area contributed by atoms with Gasteiger partial charge in [0.1, 0.15) is 6.54 Å². The van der Waals surface area contributed by atoms with Crippen molar-refractivity contribution < 1.29 is 33.3 Å². The van der Waals surface area contributed by atoms with E-state index in [4.69, 9.17) is 18.9 Å². The zero-order valence-electron chi connectivity index (χ0n) is 17.7. The van der Waals surface area contributed by atoms with Crippen molar-refractivity contribution >= 4 is 17.8 Å². The smallest absolute Gasteiger partial charge is 0.325 e. The zero-order valence-corrected chi connectivity index (χ0v) is 17.7. The molecule has 0 unspecified atom stereocenters. The Morgan fingerprint density at radius 2 is 1.53 bits per heavy atom. The Morgan fingerprint density at radius 3 is 2.07 bits per heavy atom. The highest BCUT2D eigenvalue weighted by Gasteiger charge is 2.19. The van der Waals surface area contributed by atoms with Crippen molar-refractivity contribution in [3.05, 3.63) is 17.7 Å². The number of hydrogen-bond acceptors (Lipinski definition) is 7. The highest BCUT2D eigenvalue weighted by molar-refractivity contribution is 5.97.